The summed E-state index contributed by atoms with van der Waals surface area (Å²) < 4.78 is 13.2. The van der Waals surface area contributed by atoms with E-state index >= 15 is 0 Å². The Balaban J connectivity index is 1.45. The number of aliphatic imine (C=N–C) groups is 1. The Kier molecular flexibility index (Phi) is 21.7. The summed E-state index contributed by atoms with van der Waals surface area (Å²) in [6, 6.07) is 24.3. The number of benzene rings is 4. The van der Waals surface area contributed by atoms with E-state index < -0.39 is 103 Å². The summed E-state index contributed by atoms with van der Waals surface area (Å²) in [7, 11) is 0. The zero-order valence-electron chi connectivity index (χ0n) is 37.7. The number of rotatable bonds is 27. The predicted octanol–water partition coefficient (Wildman–Crippen LogP) is -1.72. The third kappa shape index (κ3) is 19.7. The first-order chi connectivity index (χ1) is 33.1. The molecule has 4 aromatic rings. The number of nitrogens with zero attached hydrogens (tertiary/aromatic N) is 1. The van der Waals surface area contributed by atoms with Gasteiger partial charge in [-0.15, -0.1) is 0 Å². The van der Waals surface area contributed by atoms with Gasteiger partial charge in [0.25, 0.3) is 0 Å². The normalized spacial score (nSPS) is 12.8. The molecule has 4 rings (SSSR count). The van der Waals surface area contributed by atoms with Crippen LogP contribution in [0, 0.1) is 5.82 Å². The van der Waals surface area contributed by atoms with Crippen LogP contribution in [-0.4, -0.2) is 115 Å². The van der Waals surface area contributed by atoms with E-state index in [-0.39, 0.29) is 51.0 Å². The molecule has 0 radical (unpaired) electrons. The number of primary amides is 1. The van der Waals surface area contributed by atoms with Gasteiger partial charge in [-0.2, -0.15) is 0 Å². The summed E-state index contributed by atoms with van der Waals surface area (Å²) >= 11 is 0. The predicted molar refractivity (Wildman–Crippen MR) is 252 cm³/mol. The van der Waals surface area contributed by atoms with Gasteiger partial charge in [0.1, 0.15) is 36.0 Å². The largest absolute Gasteiger partial charge is 0.394 e. The lowest BCUT2D eigenvalue weighted by Crippen LogP contribution is -2.60. The molecule has 69 heavy (non-hydrogen) atoms. The van der Waals surface area contributed by atoms with E-state index in [1.165, 1.54) is 24.3 Å². The van der Waals surface area contributed by atoms with Crippen LogP contribution in [0.3, 0.4) is 0 Å². The van der Waals surface area contributed by atoms with Crippen molar-refractivity contribution in [1.29, 1.82) is 0 Å². The van der Waals surface area contributed by atoms with E-state index in [0.29, 0.717) is 22.3 Å². The molecule has 0 unspecified atom stereocenters. The number of hydrogen-bond donors (Lipinski definition) is 11. The van der Waals surface area contributed by atoms with Gasteiger partial charge in [-0.05, 0) is 47.2 Å². The van der Waals surface area contributed by atoms with E-state index in [9.17, 15) is 47.9 Å². The van der Waals surface area contributed by atoms with Crippen LogP contribution in [0.4, 0.5) is 4.39 Å². The van der Waals surface area contributed by atoms with Crippen molar-refractivity contribution in [3.8, 4) is 0 Å². The molecule has 0 aliphatic rings. The van der Waals surface area contributed by atoms with Gasteiger partial charge in [0.2, 0.25) is 47.3 Å². The molecule has 0 bridgehead atoms. The van der Waals surface area contributed by atoms with Crippen molar-refractivity contribution in [2.45, 2.75) is 68.7 Å². The maximum atomic E-state index is 14.2. The van der Waals surface area contributed by atoms with Gasteiger partial charge in [-0.25, -0.2) is 4.39 Å². The second-order valence-electron chi connectivity index (χ2n) is 15.8. The van der Waals surface area contributed by atoms with Crippen LogP contribution in [0.15, 0.2) is 120 Å². The Bertz CT molecular complexity index is 2370. The topological polar surface area (TPSA) is 331 Å². The fourth-order valence-corrected chi connectivity index (χ4v) is 6.76. The third-order valence-electron chi connectivity index (χ3n) is 10.4. The number of aliphatic hydroxyl groups is 1. The van der Waals surface area contributed by atoms with Crippen LogP contribution in [-0.2, 0) is 64.0 Å². The SMILES string of the molecule is NC(=O)[C@H](Cc1ccccc1)NC(=O)[C@H](CCCN=C(N)N)NC(=O)[C@H](Cc1ccccc1)NC(=O)[C@H](CO)NC(=O)[C@H](Cc1ccccc1)NC(=O)CNC(=O)CNC(=O)Cc1ccc(F)cc1. The average molecular weight is 952 g/mol. The Morgan fingerprint density at radius 2 is 0.913 bits per heavy atom. The van der Waals surface area contributed by atoms with Crippen molar-refractivity contribution < 1.29 is 47.9 Å². The molecule has 20 nitrogen and oxygen atoms in total. The van der Waals surface area contributed by atoms with Crippen molar-refractivity contribution in [1.82, 2.24) is 37.2 Å². The van der Waals surface area contributed by atoms with Crippen LogP contribution < -0.4 is 54.4 Å². The summed E-state index contributed by atoms with van der Waals surface area (Å²) in [5.74, 6) is -7.00. The summed E-state index contributed by atoms with van der Waals surface area (Å²) in [5.41, 5.74) is 19.0. The fourth-order valence-electron chi connectivity index (χ4n) is 6.76. The highest BCUT2D eigenvalue weighted by Gasteiger charge is 2.32. The van der Waals surface area contributed by atoms with Gasteiger partial charge in [-0.3, -0.25) is 43.3 Å². The second kappa shape index (κ2) is 28.1. The van der Waals surface area contributed by atoms with Gasteiger partial charge in [0.15, 0.2) is 5.96 Å². The lowest BCUT2D eigenvalue weighted by molar-refractivity contribution is -0.135. The third-order valence-corrected chi connectivity index (χ3v) is 10.4. The Labute approximate surface area is 397 Å². The first-order valence-corrected chi connectivity index (χ1v) is 22.0. The number of halogens is 1. The maximum Gasteiger partial charge on any atom is 0.245 e. The maximum absolute atomic E-state index is 14.2. The molecule has 0 fully saturated rings. The van der Waals surface area contributed by atoms with Gasteiger partial charge < -0.3 is 59.5 Å². The molecule has 21 heteroatoms. The smallest absolute Gasteiger partial charge is 0.245 e. The Morgan fingerprint density at radius 3 is 1.42 bits per heavy atom. The summed E-state index contributed by atoms with van der Waals surface area (Å²) in [6.45, 7) is -1.93. The Morgan fingerprint density at radius 1 is 0.493 bits per heavy atom. The molecular formula is C48H58FN11O9. The number of carbonyl (C=O) groups is 8. The standard InChI is InChI=1S/C48H58FN11O9/c49-34-20-18-33(19-21-34)26-40(62)54-27-41(63)55-28-42(64)56-37(24-31-13-6-2-7-14-31)45(67)60-39(29-61)47(69)59-38(25-32-15-8-3-9-16-32)46(68)57-35(17-10-22-53-48(51)52)44(66)58-36(43(50)65)23-30-11-4-1-5-12-30/h1-9,11-16,18-21,35-39,61H,10,17,22-29H2,(H2,50,65)(H,54,62)(H,55,63)(H,56,64)(H,57,68)(H,58,66)(H,59,69)(H,60,67)(H4,51,52,53)/t35-,36-,37-,38-,39-/m0/s1. The van der Waals surface area contributed by atoms with Crippen molar-refractivity contribution in [2.75, 3.05) is 26.2 Å². The first-order valence-electron chi connectivity index (χ1n) is 22.0. The van der Waals surface area contributed by atoms with Crippen LogP contribution in [0.2, 0.25) is 0 Å². The number of nitrogens with two attached hydrogens (primary N) is 3. The van der Waals surface area contributed by atoms with Gasteiger partial charge in [0, 0.05) is 25.8 Å². The molecule has 14 N–H and O–H groups in total. The molecule has 0 saturated heterocycles. The number of amides is 8. The molecule has 4 aromatic carbocycles. The number of aliphatic hydroxyl groups excluding tert-OH is 1. The molecule has 0 aromatic heterocycles. The molecular weight excluding hydrogens is 894 g/mol. The van der Waals surface area contributed by atoms with Gasteiger partial charge >= 0.3 is 0 Å². The van der Waals surface area contributed by atoms with Crippen LogP contribution in [0.1, 0.15) is 35.1 Å². The highest BCUT2D eigenvalue weighted by Crippen LogP contribution is 2.10. The molecule has 0 aliphatic carbocycles. The van der Waals surface area contributed by atoms with Crippen molar-refractivity contribution in [3.05, 3.63) is 143 Å². The first kappa shape index (κ1) is 53.4. The van der Waals surface area contributed by atoms with Crippen molar-refractivity contribution >= 4 is 53.2 Å². The van der Waals surface area contributed by atoms with Gasteiger partial charge in [0.05, 0.1) is 26.1 Å². The molecule has 0 heterocycles. The molecule has 366 valence electrons. The van der Waals surface area contributed by atoms with E-state index in [4.69, 9.17) is 17.2 Å². The summed E-state index contributed by atoms with van der Waals surface area (Å²) in [6.07, 6.45) is -0.0564. The average Bonchev–Trinajstić information content (AvgIpc) is 3.33. The van der Waals surface area contributed by atoms with Crippen LogP contribution in [0.25, 0.3) is 0 Å². The minimum absolute atomic E-state index is 0.0138. The van der Waals surface area contributed by atoms with Gasteiger partial charge in [-0.1, -0.05) is 103 Å². The molecule has 0 saturated carbocycles. The van der Waals surface area contributed by atoms with E-state index in [1.54, 1.807) is 91.0 Å². The van der Waals surface area contributed by atoms with Crippen molar-refractivity contribution in [3.63, 3.8) is 0 Å². The lowest BCUT2D eigenvalue weighted by atomic mass is 10.0. The summed E-state index contributed by atoms with van der Waals surface area (Å²) in [4.78, 5) is 110. The highest BCUT2D eigenvalue weighted by atomic mass is 19.1. The number of carbonyl (C=O) groups excluding carboxylic acids is 8. The summed E-state index contributed by atoms with van der Waals surface area (Å²) in [5, 5.41) is 28.0. The molecule has 5 atom stereocenters. The van der Waals surface area contributed by atoms with E-state index in [1.807, 2.05) is 0 Å². The number of hydrogen-bond acceptors (Lipinski definition) is 10. The molecule has 8 amide bonds. The molecule has 0 spiro atoms. The Hall–Kier alpha value is -8.20. The monoisotopic (exact) mass is 951 g/mol. The van der Waals surface area contributed by atoms with Crippen LogP contribution in [0.5, 0.6) is 0 Å². The fraction of sp³-hybridized carbons (Fsp3) is 0.312. The second-order valence-corrected chi connectivity index (χ2v) is 15.8. The van der Waals surface area contributed by atoms with Crippen LogP contribution >= 0.6 is 0 Å². The number of guanidine groups is 1. The lowest BCUT2D eigenvalue weighted by Gasteiger charge is -2.27. The minimum atomic E-state index is -1.66. The quantitative estimate of drug-likeness (QED) is 0.0182. The highest BCUT2D eigenvalue weighted by molar-refractivity contribution is 5.97. The van der Waals surface area contributed by atoms with E-state index in [0.717, 1.165) is 0 Å². The van der Waals surface area contributed by atoms with E-state index in [2.05, 4.69) is 42.2 Å². The zero-order chi connectivity index (χ0) is 50.1. The molecule has 0 aliphatic heterocycles. The zero-order valence-corrected chi connectivity index (χ0v) is 37.7. The number of nitrogens with one attached hydrogen (secondary N) is 7. The minimum Gasteiger partial charge on any atom is -0.394 e. The van der Waals surface area contributed by atoms with Crippen molar-refractivity contribution in [2.24, 2.45) is 22.2 Å².